The van der Waals surface area contributed by atoms with Crippen LogP contribution in [0.15, 0.2) is 10.7 Å². The average Bonchev–Trinajstić information content (AvgIpc) is 2.27. The van der Waals surface area contributed by atoms with Gasteiger partial charge in [-0.3, -0.25) is 4.79 Å². The largest absolute Gasteiger partial charge is 0.469 e. The molecule has 0 aliphatic rings. The van der Waals surface area contributed by atoms with Crippen molar-refractivity contribution in [1.82, 2.24) is 4.98 Å². The van der Waals surface area contributed by atoms with Crippen LogP contribution in [0.2, 0.25) is 0 Å². The Morgan fingerprint density at radius 1 is 1.71 bits per heavy atom. The maximum absolute atomic E-state index is 12.8. The van der Waals surface area contributed by atoms with E-state index in [1.54, 1.807) is 6.07 Å². The topological polar surface area (TPSA) is 63.0 Å². The van der Waals surface area contributed by atoms with E-state index in [1.807, 2.05) is 0 Å². The van der Waals surface area contributed by atoms with Crippen molar-refractivity contribution in [3.8, 4) is 6.07 Å². The summed E-state index contributed by atoms with van der Waals surface area (Å²) in [5, 5.41) is 8.72. The molecule has 0 amide bonds. The van der Waals surface area contributed by atoms with Gasteiger partial charge in [0.2, 0.25) is 0 Å². The summed E-state index contributed by atoms with van der Waals surface area (Å²) in [5.41, 5.74) is -0.889. The number of methoxy groups -OCH3 is 1. The first-order chi connectivity index (χ1) is 7.99. The Balaban J connectivity index is 3.31. The second kappa shape index (κ2) is 5.68. The molecular weight excluding hydrogens is 298 g/mol. The normalized spacial score (nSPS) is 10.1. The molecule has 1 rings (SSSR count). The molecule has 1 aromatic rings. The fourth-order valence-electron chi connectivity index (χ4n) is 1.28. The van der Waals surface area contributed by atoms with Gasteiger partial charge in [0.1, 0.15) is 10.7 Å². The van der Waals surface area contributed by atoms with Crippen molar-refractivity contribution < 1.29 is 18.3 Å². The standard InChI is InChI=1S/C10H7BrF2N2O2/c1-17-8(16)3-5-2-7(11)15-6(4-14)9(5)10(12)13/h2,10H,3H2,1H3. The van der Waals surface area contributed by atoms with Crippen LogP contribution in [0.1, 0.15) is 23.2 Å². The number of nitriles is 1. The number of aromatic nitrogens is 1. The highest BCUT2D eigenvalue weighted by Gasteiger charge is 2.22. The molecule has 0 saturated heterocycles. The van der Waals surface area contributed by atoms with Crippen LogP contribution >= 0.6 is 15.9 Å². The number of rotatable bonds is 3. The van der Waals surface area contributed by atoms with E-state index in [4.69, 9.17) is 5.26 Å². The minimum absolute atomic E-state index is 0.0327. The van der Waals surface area contributed by atoms with Crippen LogP contribution in [0.4, 0.5) is 8.78 Å². The average molecular weight is 305 g/mol. The Morgan fingerprint density at radius 2 is 2.35 bits per heavy atom. The summed E-state index contributed by atoms with van der Waals surface area (Å²) in [6, 6.07) is 2.85. The van der Waals surface area contributed by atoms with Crippen molar-refractivity contribution in [2.24, 2.45) is 0 Å². The number of carbonyl (C=O) groups is 1. The molecule has 0 fully saturated rings. The predicted molar refractivity (Wildman–Crippen MR) is 57.3 cm³/mol. The number of pyridine rings is 1. The zero-order chi connectivity index (χ0) is 13.0. The summed E-state index contributed by atoms with van der Waals surface area (Å²) in [6.07, 6.45) is -3.20. The number of alkyl halides is 2. The third kappa shape index (κ3) is 3.20. The quantitative estimate of drug-likeness (QED) is 0.635. The van der Waals surface area contributed by atoms with Crippen LogP contribution in [-0.2, 0) is 16.0 Å². The number of nitrogens with zero attached hydrogens (tertiary/aromatic N) is 2. The summed E-state index contributed by atoms with van der Waals surface area (Å²) in [5.74, 6) is -0.658. The second-order valence-corrected chi connectivity index (χ2v) is 3.84. The minimum Gasteiger partial charge on any atom is -0.469 e. The van der Waals surface area contributed by atoms with Gasteiger partial charge < -0.3 is 4.74 Å². The number of carbonyl (C=O) groups excluding carboxylic acids is 1. The van der Waals surface area contributed by atoms with E-state index in [2.05, 4.69) is 25.7 Å². The highest BCUT2D eigenvalue weighted by atomic mass is 79.9. The molecule has 0 aromatic carbocycles. The van der Waals surface area contributed by atoms with Gasteiger partial charge in [-0.05, 0) is 27.6 Å². The van der Waals surface area contributed by atoms with E-state index in [0.29, 0.717) is 0 Å². The van der Waals surface area contributed by atoms with Gasteiger partial charge in [-0.15, -0.1) is 0 Å². The summed E-state index contributed by atoms with van der Waals surface area (Å²) in [7, 11) is 1.16. The van der Waals surface area contributed by atoms with E-state index in [-0.39, 0.29) is 16.6 Å². The van der Waals surface area contributed by atoms with Crippen molar-refractivity contribution in [1.29, 1.82) is 5.26 Å². The third-order valence-corrected chi connectivity index (χ3v) is 2.41. The molecular formula is C10H7BrF2N2O2. The zero-order valence-electron chi connectivity index (χ0n) is 8.71. The van der Waals surface area contributed by atoms with Gasteiger partial charge in [0.15, 0.2) is 5.69 Å². The van der Waals surface area contributed by atoms with Crippen LogP contribution in [0.3, 0.4) is 0 Å². The molecule has 7 heteroatoms. The SMILES string of the molecule is COC(=O)Cc1cc(Br)nc(C#N)c1C(F)F. The monoisotopic (exact) mass is 304 g/mol. The van der Waals surface area contributed by atoms with Gasteiger partial charge in [0, 0.05) is 0 Å². The molecule has 4 nitrogen and oxygen atoms in total. The molecule has 1 heterocycles. The summed E-state index contributed by atoms with van der Waals surface area (Å²) < 4.78 is 30.2. The van der Waals surface area contributed by atoms with Crippen molar-refractivity contribution in [3.05, 3.63) is 27.5 Å². The molecule has 0 aliphatic heterocycles. The zero-order valence-corrected chi connectivity index (χ0v) is 10.3. The van der Waals surface area contributed by atoms with Gasteiger partial charge >= 0.3 is 5.97 Å². The maximum atomic E-state index is 12.8. The Hall–Kier alpha value is -1.55. The fourth-order valence-corrected chi connectivity index (χ4v) is 1.73. The summed E-state index contributed by atoms with van der Waals surface area (Å²) in [4.78, 5) is 14.7. The van der Waals surface area contributed by atoms with Crippen LogP contribution in [0, 0.1) is 11.3 Å². The van der Waals surface area contributed by atoms with Crippen molar-refractivity contribution in [2.75, 3.05) is 7.11 Å². The first-order valence-corrected chi connectivity index (χ1v) is 5.23. The maximum Gasteiger partial charge on any atom is 0.309 e. The van der Waals surface area contributed by atoms with E-state index in [0.717, 1.165) is 7.11 Å². The lowest BCUT2D eigenvalue weighted by molar-refractivity contribution is -0.139. The molecule has 0 N–H and O–H groups in total. The van der Waals surface area contributed by atoms with Crippen LogP contribution < -0.4 is 0 Å². The number of hydrogen-bond acceptors (Lipinski definition) is 4. The smallest absolute Gasteiger partial charge is 0.309 e. The Kier molecular flexibility index (Phi) is 4.52. The molecule has 0 bridgehead atoms. The lowest BCUT2D eigenvalue weighted by atomic mass is 10.0. The molecule has 17 heavy (non-hydrogen) atoms. The van der Waals surface area contributed by atoms with Crippen LogP contribution in [0.5, 0.6) is 0 Å². The summed E-state index contributed by atoms with van der Waals surface area (Å²) in [6.45, 7) is 0. The Bertz CT molecular complexity index is 486. The lowest BCUT2D eigenvalue weighted by Crippen LogP contribution is -2.09. The van der Waals surface area contributed by atoms with Crippen LogP contribution in [0.25, 0.3) is 0 Å². The molecule has 0 spiro atoms. The number of hydrogen-bond donors (Lipinski definition) is 0. The van der Waals surface area contributed by atoms with E-state index < -0.39 is 23.7 Å². The highest BCUT2D eigenvalue weighted by molar-refractivity contribution is 9.10. The van der Waals surface area contributed by atoms with Gasteiger partial charge in [0.25, 0.3) is 6.43 Å². The molecule has 0 atom stereocenters. The van der Waals surface area contributed by atoms with Gasteiger partial charge in [-0.25, -0.2) is 13.8 Å². The van der Waals surface area contributed by atoms with Crippen molar-refractivity contribution >= 4 is 21.9 Å². The fraction of sp³-hybridized carbons (Fsp3) is 0.300. The third-order valence-electron chi connectivity index (χ3n) is 2.00. The second-order valence-electron chi connectivity index (χ2n) is 3.03. The van der Waals surface area contributed by atoms with Gasteiger partial charge in [-0.1, -0.05) is 0 Å². The highest BCUT2D eigenvalue weighted by Crippen LogP contribution is 2.28. The molecule has 0 radical (unpaired) electrons. The Labute approximate surface area is 104 Å². The first kappa shape index (κ1) is 13.5. The van der Waals surface area contributed by atoms with Gasteiger partial charge in [-0.2, -0.15) is 5.26 Å². The van der Waals surface area contributed by atoms with Crippen molar-refractivity contribution in [3.63, 3.8) is 0 Å². The van der Waals surface area contributed by atoms with E-state index in [9.17, 15) is 13.6 Å². The molecule has 0 aliphatic carbocycles. The molecule has 0 unspecified atom stereocenters. The Morgan fingerprint density at radius 3 is 2.82 bits per heavy atom. The number of ether oxygens (including phenoxy) is 1. The van der Waals surface area contributed by atoms with Crippen molar-refractivity contribution in [2.45, 2.75) is 12.8 Å². The minimum atomic E-state index is -2.87. The van der Waals surface area contributed by atoms with E-state index in [1.165, 1.54) is 6.07 Å². The number of halogens is 3. The van der Waals surface area contributed by atoms with E-state index >= 15 is 0 Å². The van der Waals surface area contributed by atoms with Gasteiger partial charge in [0.05, 0.1) is 19.1 Å². The van der Waals surface area contributed by atoms with Crippen LogP contribution in [-0.4, -0.2) is 18.1 Å². The predicted octanol–water partition coefficient (Wildman–Crippen LogP) is 2.37. The molecule has 0 saturated carbocycles. The first-order valence-electron chi connectivity index (χ1n) is 4.44. The molecule has 1 aromatic heterocycles. The molecule has 90 valence electrons. The number of esters is 1. The lowest BCUT2D eigenvalue weighted by Gasteiger charge is -2.09. The summed E-state index contributed by atoms with van der Waals surface area (Å²) >= 11 is 2.99.